The van der Waals surface area contributed by atoms with E-state index in [-0.39, 0.29) is 18.2 Å². The molecule has 200 valence electrons. The van der Waals surface area contributed by atoms with Gasteiger partial charge in [-0.1, -0.05) is 19.1 Å². The van der Waals surface area contributed by atoms with Crippen LogP contribution in [-0.4, -0.2) is 39.4 Å². The second kappa shape index (κ2) is 8.64. The molecule has 1 atom stereocenters. The monoisotopic (exact) mass is 537 g/mol. The molecule has 5 rings (SSSR count). The second-order valence-corrected chi connectivity index (χ2v) is 13.2. The smallest absolute Gasteiger partial charge is 0.486 e. The quantitative estimate of drug-likeness (QED) is 0.514. The molecule has 1 saturated heterocycles. The van der Waals surface area contributed by atoms with Crippen LogP contribution in [0.3, 0.4) is 0 Å². The molecule has 2 aliphatic heterocycles. The standard InChI is InChI=1S/C26H31BF3NO5S/c1-16-11-17(12-16)23-15-31(37(32,33)20-8-6-7-18(13-20)26(28,29)30)21-14-19(9-10-22(21)34-23)27-35-24(2,3)25(4,5)36-27/h6-10,13-14,16-17,23H,11-12,15H2,1-5H3. The van der Waals surface area contributed by atoms with Crippen molar-refractivity contribution in [2.75, 3.05) is 10.8 Å². The van der Waals surface area contributed by atoms with Gasteiger partial charge in [-0.3, -0.25) is 4.31 Å². The van der Waals surface area contributed by atoms with Crippen LogP contribution in [-0.2, 0) is 25.5 Å². The Hall–Kier alpha value is -2.24. The van der Waals surface area contributed by atoms with E-state index in [0.29, 0.717) is 23.2 Å². The summed E-state index contributed by atoms with van der Waals surface area (Å²) in [5.74, 6) is 1.06. The number of hydrogen-bond acceptors (Lipinski definition) is 5. The fourth-order valence-corrected chi connectivity index (χ4v) is 6.64. The number of fused-ring (bicyclic) bond motifs is 1. The fraction of sp³-hybridized carbons (Fsp3) is 0.538. The van der Waals surface area contributed by atoms with Crippen LogP contribution in [0, 0.1) is 11.8 Å². The molecule has 0 radical (unpaired) electrons. The molecule has 2 aromatic rings. The average Bonchev–Trinajstić information content (AvgIpc) is 3.02. The minimum Gasteiger partial charge on any atom is -0.486 e. The molecule has 6 nitrogen and oxygen atoms in total. The van der Waals surface area contributed by atoms with Gasteiger partial charge in [0.1, 0.15) is 11.9 Å². The van der Waals surface area contributed by atoms with E-state index in [1.807, 2.05) is 27.7 Å². The van der Waals surface area contributed by atoms with Gasteiger partial charge in [-0.25, -0.2) is 8.42 Å². The molecule has 0 spiro atoms. The van der Waals surface area contributed by atoms with Crippen molar-refractivity contribution in [2.45, 2.75) is 75.8 Å². The number of sulfonamides is 1. The first-order valence-corrected chi connectivity index (χ1v) is 13.9. The minimum atomic E-state index is -4.66. The van der Waals surface area contributed by atoms with Crippen molar-refractivity contribution in [3.63, 3.8) is 0 Å². The zero-order valence-electron chi connectivity index (χ0n) is 21.5. The molecule has 11 heteroatoms. The highest BCUT2D eigenvalue weighted by atomic mass is 32.2. The molecule has 3 aliphatic rings. The van der Waals surface area contributed by atoms with Gasteiger partial charge in [0.2, 0.25) is 0 Å². The van der Waals surface area contributed by atoms with Crippen molar-refractivity contribution in [3.8, 4) is 5.75 Å². The number of rotatable bonds is 4. The zero-order chi connectivity index (χ0) is 27.0. The summed E-state index contributed by atoms with van der Waals surface area (Å²) >= 11 is 0. The zero-order valence-corrected chi connectivity index (χ0v) is 22.3. The summed E-state index contributed by atoms with van der Waals surface area (Å²) in [5, 5.41) is 0. The van der Waals surface area contributed by atoms with E-state index in [4.69, 9.17) is 14.0 Å². The van der Waals surface area contributed by atoms with Crippen LogP contribution in [0.25, 0.3) is 0 Å². The molecule has 2 fully saturated rings. The van der Waals surface area contributed by atoms with Crippen LogP contribution in [0.2, 0.25) is 0 Å². The molecular weight excluding hydrogens is 506 g/mol. The summed E-state index contributed by atoms with van der Waals surface area (Å²) in [5.41, 5.74) is -1.36. The third-order valence-corrected chi connectivity index (χ3v) is 9.86. The fourth-order valence-electron chi connectivity index (χ4n) is 5.12. The Morgan fingerprint density at radius 2 is 1.65 bits per heavy atom. The lowest BCUT2D eigenvalue weighted by Gasteiger charge is -2.44. The van der Waals surface area contributed by atoms with Crippen molar-refractivity contribution in [2.24, 2.45) is 11.8 Å². The largest absolute Gasteiger partial charge is 0.494 e. The van der Waals surface area contributed by atoms with Gasteiger partial charge in [-0.15, -0.1) is 0 Å². The van der Waals surface area contributed by atoms with Gasteiger partial charge in [-0.2, -0.15) is 13.2 Å². The Labute approximate surface area is 216 Å². The molecule has 2 heterocycles. The number of ether oxygens (including phenoxy) is 1. The van der Waals surface area contributed by atoms with E-state index in [2.05, 4.69) is 6.92 Å². The molecular formula is C26H31BF3NO5S. The van der Waals surface area contributed by atoms with E-state index >= 15 is 0 Å². The first-order valence-electron chi connectivity index (χ1n) is 12.4. The summed E-state index contributed by atoms with van der Waals surface area (Å²) in [7, 11) is -5.07. The molecule has 2 aromatic carbocycles. The summed E-state index contributed by atoms with van der Waals surface area (Å²) in [6.07, 6.45) is -3.25. The third-order valence-electron chi connectivity index (χ3n) is 8.09. The highest BCUT2D eigenvalue weighted by Crippen LogP contribution is 2.44. The maximum Gasteiger partial charge on any atom is 0.494 e. The van der Waals surface area contributed by atoms with Crippen molar-refractivity contribution >= 4 is 28.3 Å². The molecule has 0 aromatic heterocycles. The minimum absolute atomic E-state index is 0.00971. The third kappa shape index (κ3) is 4.63. The van der Waals surface area contributed by atoms with Gasteiger partial charge in [0, 0.05) is 0 Å². The lowest BCUT2D eigenvalue weighted by molar-refractivity contribution is -0.137. The Kier molecular flexibility index (Phi) is 6.16. The van der Waals surface area contributed by atoms with Gasteiger partial charge >= 0.3 is 13.3 Å². The van der Waals surface area contributed by atoms with Gasteiger partial charge in [0.25, 0.3) is 10.0 Å². The molecule has 37 heavy (non-hydrogen) atoms. The Morgan fingerprint density at radius 1 is 1.00 bits per heavy atom. The predicted molar refractivity (Wildman–Crippen MR) is 134 cm³/mol. The van der Waals surface area contributed by atoms with Gasteiger partial charge in [0.15, 0.2) is 0 Å². The van der Waals surface area contributed by atoms with Crippen LogP contribution in [0.4, 0.5) is 18.9 Å². The van der Waals surface area contributed by atoms with Crippen LogP contribution >= 0.6 is 0 Å². The molecule has 0 bridgehead atoms. The Morgan fingerprint density at radius 3 is 2.24 bits per heavy atom. The Balaban J connectivity index is 1.56. The van der Waals surface area contributed by atoms with Crippen molar-refractivity contribution < 1.29 is 35.6 Å². The van der Waals surface area contributed by atoms with Crippen LogP contribution in [0.1, 0.15) is 53.0 Å². The van der Waals surface area contributed by atoms with E-state index in [0.717, 1.165) is 25.0 Å². The lowest BCUT2D eigenvalue weighted by atomic mass is 9.72. The van der Waals surface area contributed by atoms with Crippen molar-refractivity contribution in [1.82, 2.24) is 0 Å². The van der Waals surface area contributed by atoms with E-state index < -0.39 is 51.1 Å². The van der Waals surface area contributed by atoms with Crippen LogP contribution < -0.4 is 14.5 Å². The first kappa shape index (κ1) is 26.4. The van der Waals surface area contributed by atoms with E-state index in [1.165, 1.54) is 10.4 Å². The topological polar surface area (TPSA) is 65.1 Å². The summed E-state index contributed by atoms with van der Waals surface area (Å²) in [6, 6.07) is 8.97. The second-order valence-electron chi connectivity index (χ2n) is 11.4. The highest BCUT2D eigenvalue weighted by Gasteiger charge is 2.52. The maximum atomic E-state index is 13.8. The first-order chi connectivity index (χ1) is 17.1. The van der Waals surface area contributed by atoms with E-state index in [1.54, 1.807) is 18.2 Å². The number of halogens is 3. The molecule has 1 unspecified atom stereocenters. The summed E-state index contributed by atoms with van der Waals surface area (Å²) in [4.78, 5) is -0.420. The van der Waals surface area contributed by atoms with Gasteiger partial charge < -0.3 is 14.0 Å². The average molecular weight is 537 g/mol. The lowest BCUT2D eigenvalue weighted by Crippen LogP contribution is -2.50. The number of hydrogen-bond donors (Lipinski definition) is 0. The van der Waals surface area contributed by atoms with Gasteiger partial charge in [-0.05, 0) is 88.2 Å². The van der Waals surface area contributed by atoms with Gasteiger partial charge in [0.05, 0.1) is 33.9 Å². The molecule has 1 saturated carbocycles. The van der Waals surface area contributed by atoms with Crippen molar-refractivity contribution in [3.05, 3.63) is 48.0 Å². The SMILES string of the molecule is CC1CC(C2CN(S(=O)(=O)c3cccc(C(F)(F)F)c3)c3cc(B4OC(C)(C)C(C)(C)O4)ccc3O2)C1. The number of benzene rings is 2. The molecule has 1 aliphatic carbocycles. The number of nitrogens with zero attached hydrogens (tertiary/aromatic N) is 1. The van der Waals surface area contributed by atoms with Crippen molar-refractivity contribution in [1.29, 1.82) is 0 Å². The van der Waals surface area contributed by atoms with Crippen LogP contribution in [0.15, 0.2) is 47.4 Å². The maximum absolute atomic E-state index is 13.8. The number of alkyl halides is 3. The highest BCUT2D eigenvalue weighted by molar-refractivity contribution is 7.92. The van der Waals surface area contributed by atoms with E-state index in [9.17, 15) is 21.6 Å². The normalized spacial score (nSPS) is 26.9. The molecule has 0 N–H and O–H groups in total. The van der Waals surface area contributed by atoms with Crippen LogP contribution in [0.5, 0.6) is 5.75 Å². The summed E-state index contributed by atoms with van der Waals surface area (Å²) < 4.78 is 87.6. The molecule has 0 amide bonds. The number of anilines is 1. The summed E-state index contributed by atoms with van der Waals surface area (Å²) in [6.45, 7) is 9.82. The Bertz CT molecular complexity index is 1290. The predicted octanol–water partition coefficient (Wildman–Crippen LogP) is 5.01.